The number of aromatic hydroxyl groups is 1. The van der Waals surface area contributed by atoms with Gasteiger partial charge in [-0.1, -0.05) is 6.07 Å². The number of nitrogens with one attached hydrogen (secondary N) is 1. The van der Waals surface area contributed by atoms with E-state index in [9.17, 15) is 9.90 Å². The maximum atomic E-state index is 12.5. The Labute approximate surface area is 152 Å². The van der Waals surface area contributed by atoms with E-state index in [1.54, 1.807) is 12.1 Å². The van der Waals surface area contributed by atoms with Gasteiger partial charge in [0, 0.05) is 11.6 Å². The maximum Gasteiger partial charge on any atom is 0.220 e. The van der Waals surface area contributed by atoms with Crippen LogP contribution in [0.3, 0.4) is 0 Å². The third-order valence-corrected chi connectivity index (χ3v) is 4.88. The minimum atomic E-state index is -0.186. The van der Waals surface area contributed by atoms with Crippen LogP contribution < -0.4 is 25.0 Å². The molecular formula is C20H23NO5. The molecule has 1 atom stereocenters. The largest absolute Gasteiger partial charge is 0.502 e. The van der Waals surface area contributed by atoms with E-state index < -0.39 is 0 Å². The Hall–Kier alpha value is -2.73. The van der Waals surface area contributed by atoms with Gasteiger partial charge < -0.3 is 24.6 Å². The van der Waals surface area contributed by atoms with Crippen LogP contribution in [0.4, 0.5) is 0 Å². The fraction of sp³-hybridized carbons (Fsp3) is 0.350. The Bertz CT molecular complexity index is 894. The van der Waals surface area contributed by atoms with Gasteiger partial charge in [0.05, 0.1) is 21.3 Å². The average molecular weight is 357 g/mol. The highest BCUT2D eigenvalue weighted by Crippen LogP contribution is 2.49. The molecule has 0 aliphatic heterocycles. The topological polar surface area (TPSA) is 77.0 Å². The molecule has 138 valence electrons. The predicted molar refractivity (Wildman–Crippen MR) is 99.6 cm³/mol. The van der Waals surface area contributed by atoms with Crippen LogP contribution in [0.15, 0.2) is 29.1 Å². The average Bonchev–Trinajstić information content (AvgIpc) is 2.89. The molecule has 3 rings (SSSR count). The summed E-state index contributed by atoms with van der Waals surface area (Å²) in [6, 6.07) is 6.92. The van der Waals surface area contributed by atoms with Crippen molar-refractivity contribution in [3.63, 3.8) is 0 Å². The molecule has 0 saturated carbocycles. The molecule has 26 heavy (non-hydrogen) atoms. The van der Waals surface area contributed by atoms with E-state index >= 15 is 0 Å². The number of fused-ring (bicyclic) bond motifs is 3. The van der Waals surface area contributed by atoms with Crippen molar-refractivity contribution in [2.24, 2.45) is 0 Å². The lowest BCUT2D eigenvalue weighted by molar-refractivity contribution is 0.340. The minimum Gasteiger partial charge on any atom is -0.502 e. The van der Waals surface area contributed by atoms with Gasteiger partial charge >= 0.3 is 0 Å². The van der Waals surface area contributed by atoms with Crippen molar-refractivity contribution in [3.8, 4) is 34.1 Å². The van der Waals surface area contributed by atoms with Crippen LogP contribution in [-0.2, 0) is 6.42 Å². The number of rotatable bonds is 4. The molecule has 0 fully saturated rings. The van der Waals surface area contributed by atoms with Crippen molar-refractivity contribution in [1.29, 1.82) is 0 Å². The van der Waals surface area contributed by atoms with Crippen LogP contribution in [0.25, 0.3) is 11.1 Å². The summed E-state index contributed by atoms with van der Waals surface area (Å²) >= 11 is 0. The molecule has 6 heteroatoms. The number of hydrogen-bond donors (Lipinski definition) is 2. The summed E-state index contributed by atoms with van der Waals surface area (Å²) in [7, 11) is 6.37. The summed E-state index contributed by atoms with van der Waals surface area (Å²) in [6.45, 7) is 0. The normalized spacial score (nSPS) is 15.5. The van der Waals surface area contributed by atoms with E-state index in [1.165, 1.54) is 21.3 Å². The van der Waals surface area contributed by atoms with Gasteiger partial charge in [-0.25, -0.2) is 0 Å². The van der Waals surface area contributed by atoms with Crippen molar-refractivity contribution < 1.29 is 19.3 Å². The van der Waals surface area contributed by atoms with Gasteiger partial charge in [-0.15, -0.1) is 0 Å². The smallest absolute Gasteiger partial charge is 0.220 e. The van der Waals surface area contributed by atoms with Gasteiger partial charge in [-0.05, 0) is 54.8 Å². The molecule has 0 aromatic heterocycles. The number of phenols is 1. The lowest BCUT2D eigenvalue weighted by Gasteiger charge is -2.17. The van der Waals surface area contributed by atoms with E-state index in [-0.39, 0.29) is 23.0 Å². The van der Waals surface area contributed by atoms with E-state index in [1.807, 2.05) is 19.2 Å². The molecule has 0 spiro atoms. The molecule has 2 aromatic rings. The van der Waals surface area contributed by atoms with Crippen LogP contribution in [0.1, 0.15) is 23.6 Å². The second kappa shape index (κ2) is 7.25. The van der Waals surface area contributed by atoms with E-state index in [0.29, 0.717) is 11.5 Å². The van der Waals surface area contributed by atoms with E-state index in [2.05, 4.69) is 5.32 Å². The Kier molecular flexibility index (Phi) is 5.04. The highest BCUT2D eigenvalue weighted by Gasteiger charge is 2.27. The first kappa shape index (κ1) is 18.1. The van der Waals surface area contributed by atoms with Gasteiger partial charge in [0.25, 0.3) is 0 Å². The third kappa shape index (κ3) is 2.86. The number of benzene rings is 1. The molecule has 0 heterocycles. The number of phenolic OH excluding ortho intramolecular Hbond substituents is 1. The lowest BCUT2D eigenvalue weighted by atomic mass is 9.95. The Morgan fingerprint density at radius 2 is 1.81 bits per heavy atom. The SMILES string of the molecule is CN[C@@H]1CCc2cc(OC)c(O)c(OC)c2-c2ccc(OC)c(=O)cc21. The highest BCUT2D eigenvalue weighted by molar-refractivity contribution is 5.82. The first-order valence-electron chi connectivity index (χ1n) is 8.42. The number of methoxy groups -OCH3 is 3. The van der Waals surface area contributed by atoms with Crippen LogP contribution in [0.5, 0.6) is 23.0 Å². The van der Waals surface area contributed by atoms with Crippen molar-refractivity contribution in [1.82, 2.24) is 5.32 Å². The Morgan fingerprint density at radius 3 is 2.42 bits per heavy atom. The van der Waals surface area contributed by atoms with Crippen molar-refractivity contribution in [3.05, 3.63) is 45.6 Å². The van der Waals surface area contributed by atoms with Crippen LogP contribution in [-0.4, -0.2) is 33.5 Å². The van der Waals surface area contributed by atoms with Crippen molar-refractivity contribution in [2.75, 3.05) is 28.4 Å². The summed E-state index contributed by atoms with van der Waals surface area (Å²) in [5, 5.41) is 13.8. The van der Waals surface area contributed by atoms with E-state index in [4.69, 9.17) is 14.2 Å². The maximum absolute atomic E-state index is 12.5. The summed E-state index contributed by atoms with van der Waals surface area (Å²) in [6.07, 6.45) is 1.54. The van der Waals surface area contributed by atoms with Crippen LogP contribution in [0, 0.1) is 0 Å². The monoisotopic (exact) mass is 357 g/mol. The van der Waals surface area contributed by atoms with E-state index in [0.717, 1.165) is 35.1 Å². The van der Waals surface area contributed by atoms with Crippen LogP contribution >= 0.6 is 0 Å². The molecule has 0 saturated heterocycles. The molecular weight excluding hydrogens is 334 g/mol. The van der Waals surface area contributed by atoms with Gasteiger partial charge in [-0.3, -0.25) is 4.79 Å². The zero-order chi connectivity index (χ0) is 18.8. The molecule has 0 amide bonds. The first-order chi connectivity index (χ1) is 12.5. The van der Waals surface area contributed by atoms with Crippen LogP contribution in [0.2, 0.25) is 0 Å². The van der Waals surface area contributed by atoms with Gasteiger partial charge in [0.15, 0.2) is 17.2 Å². The van der Waals surface area contributed by atoms with Gasteiger partial charge in [0.2, 0.25) is 11.2 Å². The third-order valence-electron chi connectivity index (χ3n) is 4.88. The standard InChI is InChI=1S/C20H23NO5/c1-21-14-7-5-11-9-17(25-3)19(23)20(26-4)18(11)12-6-8-16(24-2)15(22)10-13(12)14/h6,8-10,14,21,23H,5,7H2,1-4H3/t14-/m1/s1. The fourth-order valence-corrected chi connectivity index (χ4v) is 3.59. The molecule has 2 aromatic carbocycles. The number of ether oxygens (including phenoxy) is 3. The molecule has 0 radical (unpaired) electrons. The Morgan fingerprint density at radius 1 is 1.08 bits per heavy atom. The predicted octanol–water partition coefficient (Wildman–Crippen LogP) is 2.65. The highest BCUT2D eigenvalue weighted by atomic mass is 16.5. The summed E-state index contributed by atoms with van der Waals surface area (Å²) in [5.41, 5.74) is 3.26. The molecule has 1 aliphatic carbocycles. The lowest BCUT2D eigenvalue weighted by Crippen LogP contribution is -2.17. The second-order valence-electron chi connectivity index (χ2n) is 6.15. The zero-order valence-electron chi connectivity index (χ0n) is 15.4. The van der Waals surface area contributed by atoms with Gasteiger partial charge in [0.1, 0.15) is 0 Å². The minimum absolute atomic E-state index is 0.0138. The Balaban J connectivity index is 2.42. The molecule has 0 unspecified atom stereocenters. The summed E-state index contributed by atoms with van der Waals surface area (Å²) < 4.78 is 16.0. The molecule has 2 N–H and O–H groups in total. The fourth-order valence-electron chi connectivity index (χ4n) is 3.59. The molecule has 6 nitrogen and oxygen atoms in total. The zero-order valence-corrected chi connectivity index (χ0v) is 15.4. The number of hydrogen-bond acceptors (Lipinski definition) is 6. The van der Waals surface area contributed by atoms with Crippen molar-refractivity contribution in [2.45, 2.75) is 18.9 Å². The number of aryl methyl sites for hydroxylation is 1. The first-order valence-corrected chi connectivity index (χ1v) is 8.42. The second-order valence-corrected chi connectivity index (χ2v) is 6.15. The molecule has 0 bridgehead atoms. The van der Waals surface area contributed by atoms with Gasteiger partial charge in [-0.2, -0.15) is 0 Å². The quantitative estimate of drug-likeness (QED) is 0.876. The summed E-state index contributed by atoms with van der Waals surface area (Å²) in [4.78, 5) is 12.5. The molecule has 1 aliphatic rings. The van der Waals surface area contributed by atoms with Crippen molar-refractivity contribution >= 4 is 0 Å². The summed E-state index contributed by atoms with van der Waals surface area (Å²) in [5.74, 6) is 0.928.